The van der Waals surface area contributed by atoms with Gasteiger partial charge in [0, 0.05) is 37.8 Å². The number of aromatic amines is 1. The van der Waals surface area contributed by atoms with Crippen molar-refractivity contribution in [1.82, 2.24) is 25.2 Å². The summed E-state index contributed by atoms with van der Waals surface area (Å²) in [6.45, 7) is 2.69. The predicted molar refractivity (Wildman–Crippen MR) is 125 cm³/mol. The standard InChI is InChI=1S/C25H26FN5O3/c1-34-23-6-2-16(12-20(23)26)3-7-24(32)30-10-8-18-14-31(15-19(18)9-11-30)25(33)17-4-5-21-22(13-17)28-29-27-21/h2-7,12-13,18-19H,8-11,14-15H2,1H3,(H,27,28,29)/b7-3+/t18-,19?/m1/s1. The second-order valence-electron chi connectivity index (χ2n) is 8.89. The molecule has 2 aromatic carbocycles. The number of aromatic nitrogens is 3. The molecule has 0 spiro atoms. The number of rotatable bonds is 4. The van der Waals surface area contributed by atoms with E-state index in [0.717, 1.165) is 18.4 Å². The molecule has 3 aromatic rings. The summed E-state index contributed by atoms with van der Waals surface area (Å²) >= 11 is 0. The highest BCUT2D eigenvalue weighted by Crippen LogP contribution is 2.33. The molecule has 1 N–H and O–H groups in total. The summed E-state index contributed by atoms with van der Waals surface area (Å²) in [7, 11) is 1.42. The molecule has 3 heterocycles. The van der Waals surface area contributed by atoms with E-state index in [-0.39, 0.29) is 17.6 Å². The van der Waals surface area contributed by atoms with Gasteiger partial charge in [0.15, 0.2) is 11.6 Å². The molecule has 2 atom stereocenters. The van der Waals surface area contributed by atoms with E-state index < -0.39 is 5.82 Å². The van der Waals surface area contributed by atoms with Gasteiger partial charge < -0.3 is 14.5 Å². The fourth-order valence-electron chi connectivity index (χ4n) is 4.95. The van der Waals surface area contributed by atoms with Crippen LogP contribution in [0.5, 0.6) is 5.75 Å². The van der Waals surface area contributed by atoms with Gasteiger partial charge in [0.25, 0.3) is 5.91 Å². The Bertz CT molecular complexity index is 1240. The average molecular weight is 464 g/mol. The Balaban J connectivity index is 1.18. The van der Waals surface area contributed by atoms with Gasteiger partial charge in [-0.1, -0.05) is 6.07 Å². The van der Waals surface area contributed by atoms with Gasteiger partial charge >= 0.3 is 0 Å². The maximum Gasteiger partial charge on any atom is 0.253 e. The lowest BCUT2D eigenvalue weighted by Crippen LogP contribution is -2.33. The van der Waals surface area contributed by atoms with Crippen LogP contribution in [0.25, 0.3) is 17.1 Å². The minimum atomic E-state index is -0.459. The summed E-state index contributed by atoms with van der Waals surface area (Å²) < 4.78 is 18.8. The summed E-state index contributed by atoms with van der Waals surface area (Å²) in [5, 5.41) is 10.7. The first-order valence-corrected chi connectivity index (χ1v) is 11.4. The van der Waals surface area contributed by atoms with Crippen LogP contribution in [-0.4, -0.2) is 70.3 Å². The fraction of sp³-hybridized carbons (Fsp3) is 0.360. The number of nitrogens with zero attached hydrogens (tertiary/aromatic N) is 4. The van der Waals surface area contributed by atoms with Crippen LogP contribution in [0.15, 0.2) is 42.5 Å². The lowest BCUT2D eigenvalue weighted by Gasteiger charge is -2.21. The van der Waals surface area contributed by atoms with Gasteiger partial charge in [-0.15, -0.1) is 0 Å². The zero-order valence-electron chi connectivity index (χ0n) is 18.9. The number of fused-ring (bicyclic) bond motifs is 2. The first kappa shape index (κ1) is 22.1. The Morgan fingerprint density at radius 2 is 1.76 bits per heavy atom. The summed E-state index contributed by atoms with van der Waals surface area (Å²) in [5.41, 5.74) is 2.64. The van der Waals surface area contributed by atoms with Crippen molar-refractivity contribution in [1.29, 1.82) is 0 Å². The van der Waals surface area contributed by atoms with Crippen LogP contribution in [0.2, 0.25) is 0 Å². The van der Waals surface area contributed by atoms with Crippen LogP contribution in [0.1, 0.15) is 28.8 Å². The first-order valence-electron chi connectivity index (χ1n) is 11.4. The lowest BCUT2D eigenvalue weighted by molar-refractivity contribution is -0.126. The van der Waals surface area contributed by atoms with Crippen LogP contribution in [0.4, 0.5) is 4.39 Å². The third kappa shape index (κ3) is 4.37. The highest BCUT2D eigenvalue weighted by atomic mass is 19.1. The molecule has 176 valence electrons. The van der Waals surface area contributed by atoms with Crippen molar-refractivity contribution in [2.24, 2.45) is 11.8 Å². The molecule has 2 amide bonds. The minimum absolute atomic E-state index is 0.0144. The smallest absolute Gasteiger partial charge is 0.253 e. The molecule has 34 heavy (non-hydrogen) atoms. The fourth-order valence-corrected chi connectivity index (χ4v) is 4.95. The second kappa shape index (κ2) is 9.24. The van der Waals surface area contributed by atoms with Gasteiger partial charge in [0.2, 0.25) is 5.91 Å². The van der Waals surface area contributed by atoms with E-state index >= 15 is 0 Å². The largest absolute Gasteiger partial charge is 0.494 e. The van der Waals surface area contributed by atoms with Crippen molar-refractivity contribution in [3.8, 4) is 5.75 Å². The van der Waals surface area contributed by atoms with Crippen LogP contribution < -0.4 is 4.74 Å². The summed E-state index contributed by atoms with van der Waals surface area (Å²) in [6.07, 6.45) is 4.84. The number of likely N-dealkylation sites (tertiary alicyclic amines) is 2. The third-order valence-corrected chi connectivity index (χ3v) is 6.87. The van der Waals surface area contributed by atoms with E-state index in [1.54, 1.807) is 36.4 Å². The topological polar surface area (TPSA) is 91.4 Å². The normalized spacial score (nSPS) is 20.5. The molecule has 2 saturated heterocycles. The van der Waals surface area contributed by atoms with Crippen molar-refractivity contribution in [2.75, 3.05) is 33.3 Å². The highest BCUT2D eigenvalue weighted by molar-refractivity contribution is 5.97. The van der Waals surface area contributed by atoms with Crippen LogP contribution >= 0.6 is 0 Å². The van der Waals surface area contributed by atoms with Crippen LogP contribution in [0, 0.1) is 17.7 Å². The first-order chi connectivity index (χ1) is 16.5. The Morgan fingerprint density at radius 1 is 1.03 bits per heavy atom. The number of carbonyl (C=O) groups is 2. The number of H-pyrrole nitrogens is 1. The summed E-state index contributed by atoms with van der Waals surface area (Å²) in [5.74, 6) is 0.397. The van der Waals surface area contributed by atoms with E-state index in [0.29, 0.717) is 54.7 Å². The van der Waals surface area contributed by atoms with Crippen LogP contribution in [-0.2, 0) is 4.79 Å². The Morgan fingerprint density at radius 3 is 2.47 bits per heavy atom. The minimum Gasteiger partial charge on any atom is -0.494 e. The molecule has 5 rings (SSSR count). The number of benzene rings is 2. The number of amides is 2. The number of hydrogen-bond donors (Lipinski definition) is 1. The highest BCUT2D eigenvalue weighted by Gasteiger charge is 2.37. The number of halogens is 1. The molecule has 0 saturated carbocycles. The number of carbonyl (C=O) groups excluding carboxylic acids is 2. The molecule has 2 aliphatic heterocycles. The van der Waals surface area contributed by atoms with Crippen molar-refractivity contribution in [3.63, 3.8) is 0 Å². The molecular formula is C25H26FN5O3. The molecule has 1 aromatic heterocycles. The number of hydrogen-bond acceptors (Lipinski definition) is 5. The molecule has 0 radical (unpaired) electrons. The molecule has 8 nitrogen and oxygen atoms in total. The maximum absolute atomic E-state index is 13.9. The summed E-state index contributed by atoms with van der Waals surface area (Å²) in [4.78, 5) is 29.6. The molecular weight excluding hydrogens is 437 g/mol. The molecule has 9 heteroatoms. The Kier molecular flexibility index (Phi) is 6.00. The number of methoxy groups -OCH3 is 1. The van der Waals surface area contributed by atoms with Gasteiger partial charge in [-0.2, -0.15) is 15.4 Å². The van der Waals surface area contributed by atoms with Gasteiger partial charge in [0.1, 0.15) is 11.0 Å². The van der Waals surface area contributed by atoms with E-state index in [2.05, 4.69) is 15.4 Å². The van der Waals surface area contributed by atoms with E-state index in [4.69, 9.17) is 4.74 Å². The molecule has 1 unspecified atom stereocenters. The average Bonchev–Trinajstić information content (AvgIpc) is 3.44. The van der Waals surface area contributed by atoms with Crippen molar-refractivity contribution in [2.45, 2.75) is 12.8 Å². The summed E-state index contributed by atoms with van der Waals surface area (Å²) in [6, 6.07) is 9.98. The monoisotopic (exact) mass is 463 g/mol. The van der Waals surface area contributed by atoms with E-state index in [1.807, 2.05) is 9.80 Å². The van der Waals surface area contributed by atoms with Gasteiger partial charge in [-0.05, 0) is 66.6 Å². The third-order valence-electron chi connectivity index (χ3n) is 6.87. The molecule has 0 aliphatic carbocycles. The van der Waals surface area contributed by atoms with E-state index in [9.17, 15) is 14.0 Å². The predicted octanol–water partition coefficient (Wildman–Crippen LogP) is 3.13. The zero-order valence-corrected chi connectivity index (χ0v) is 18.9. The SMILES string of the molecule is COc1ccc(/C=C/C(=O)N2CCC3CN(C(=O)c4ccc5n[nH]nc5c4)C[C@H]3CC2)cc1F. The Hall–Kier alpha value is -3.75. The van der Waals surface area contributed by atoms with Crippen molar-refractivity contribution >= 4 is 28.9 Å². The molecule has 2 fully saturated rings. The van der Waals surface area contributed by atoms with Gasteiger partial charge in [-0.3, -0.25) is 9.59 Å². The van der Waals surface area contributed by atoms with E-state index in [1.165, 1.54) is 19.3 Å². The molecule has 2 aliphatic rings. The number of nitrogens with one attached hydrogen (secondary N) is 1. The maximum atomic E-state index is 13.9. The van der Waals surface area contributed by atoms with Gasteiger partial charge in [0.05, 0.1) is 7.11 Å². The van der Waals surface area contributed by atoms with Crippen molar-refractivity contribution in [3.05, 3.63) is 59.4 Å². The quantitative estimate of drug-likeness (QED) is 0.601. The second-order valence-corrected chi connectivity index (χ2v) is 8.89. The molecule has 0 bridgehead atoms. The van der Waals surface area contributed by atoms with Crippen molar-refractivity contribution < 1.29 is 18.7 Å². The van der Waals surface area contributed by atoms with Crippen LogP contribution in [0.3, 0.4) is 0 Å². The lowest BCUT2D eigenvalue weighted by atomic mass is 9.92. The van der Waals surface area contributed by atoms with Gasteiger partial charge in [-0.25, -0.2) is 4.39 Å². The zero-order chi connectivity index (χ0) is 23.7. The number of ether oxygens (including phenoxy) is 1. The Labute approximate surface area is 196 Å².